The molecule has 2 saturated heterocycles. The molecule has 0 saturated carbocycles. The van der Waals surface area contributed by atoms with Crippen molar-refractivity contribution >= 4 is 43.2 Å². The summed E-state index contributed by atoms with van der Waals surface area (Å²) in [6.45, 7) is 4.70. The molecular weight excluding hydrogens is 440 g/mol. The fourth-order valence-electron chi connectivity index (χ4n) is 3.59. The maximum absolute atomic E-state index is 13.0. The van der Waals surface area contributed by atoms with Crippen molar-refractivity contribution in [3.63, 3.8) is 0 Å². The van der Waals surface area contributed by atoms with Gasteiger partial charge in [-0.15, -0.1) is 11.3 Å². The number of sulfonamides is 1. The van der Waals surface area contributed by atoms with Gasteiger partial charge in [-0.1, -0.05) is 0 Å². The van der Waals surface area contributed by atoms with Crippen molar-refractivity contribution in [3.05, 3.63) is 15.9 Å². The highest BCUT2D eigenvalue weighted by molar-refractivity contribution is 9.11. The second-order valence-corrected chi connectivity index (χ2v) is 11.4. The highest BCUT2D eigenvalue weighted by Crippen LogP contribution is 2.31. The second kappa shape index (κ2) is 8.68. The summed E-state index contributed by atoms with van der Waals surface area (Å²) in [6.07, 6.45) is 3.59. The summed E-state index contributed by atoms with van der Waals surface area (Å²) < 4.78 is 33.9. The van der Waals surface area contributed by atoms with Crippen molar-refractivity contribution < 1.29 is 17.9 Å². The molecule has 1 aromatic heterocycles. The van der Waals surface area contributed by atoms with Gasteiger partial charge in [-0.25, -0.2) is 8.42 Å². The summed E-state index contributed by atoms with van der Waals surface area (Å²) >= 11 is 4.52. The first kappa shape index (κ1) is 20.3. The van der Waals surface area contributed by atoms with Crippen LogP contribution in [0.4, 0.5) is 0 Å². The van der Waals surface area contributed by atoms with E-state index in [1.165, 1.54) is 15.6 Å². The van der Waals surface area contributed by atoms with Crippen LogP contribution in [-0.2, 0) is 19.6 Å². The summed E-state index contributed by atoms with van der Waals surface area (Å²) in [7, 11) is -3.54. The van der Waals surface area contributed by atoms with Crippen molar-refractivity contribution in [3.8, 4) is 0 Å². The highest BCUT2D eigenvalue weighted by Gasteiger charge is 2.36. The third-order valence-corrected chi connectivity index (χ3v) is 8.97. The largest absolute Gasteiger partial charge is 0.376 e. The van der Waals surface area contributed by atoms with Gasteiger partial charge in [0, 0.05) is 32.8 Å². The van der Waals surface area contributed by atoms with Crippen LogP contribution >= 0.6 is 27.3 Å². The number of nitrogens with zero attached hydrogens (tertiary/aromatic N) is 2. The molecular formula is C17H25BrN2O4S2. The van der Waals surface area contributed by atoms with Crippen molar-refractivity contribution in [2.45, 2.75) is 42.9 Å². The Labute approximate surface area is 167 Å². The quantitative estimate of drug-likeness (QED) is 0.648. The molecule has 26 heavy (non-hydrogen) atoms. The highest BCUT2D eigenvalue weighted by atomic mass is 79.9. The molecule has 0 spiro atoms. The minimum atomic E-state index is -3.54. The lowest BCUT2D eigenvalue weighted by molar-refractivity contribution is -0.138. The topological polar surface area (TPSA) is 66.9 Å². The van der Waals surface area contributed by atoms with Crippen LogP contribution in [0, 0.1) is 5.92 Å². The molecule has 0 bridgehead atoms. The number of carbonyl (C=O) groups is 1. The van der Waals surface area contributed by atoms with Crippen LogP contribution in [-0.4, -0.2) is 62.4 Å². The monoisotopic (exact) mass is 464 g/mol. The molecule has 146 valence electrons. The van der Waals surface area contributed by atoms with E-state index >= 15 is 0 Å². The van der Waals surface area contributed by atoms with Crippen LogP contribution in [0.15, 0.2) is 20.1 Å². The number of ether oxygens (including phenoxy) is 1. The number of halogens is 1. The van der Waals surface area contributed by atoms with Gasteiger partial charge < -0.3 is 9.64 Å². The fraction of sp³-hybridized carbons (Fsp3) is 0.706. The van der Waals surface area contributed by atoms with E-state index in [9.17, 15) is 13.2 Å². The predicted molar refractivity (Wildman–Crippen MR) is 105 cm³/mol. The molecule has 0 N–H and O–H groups in total. The summed E-state index contributed by atoms with van der Waals surface area (Å²) in [5.41, 5.74) is 0. The molecule has 3 heterocycles. The zero-order chi connectivity index (χ0) is 18.7. The number of likely N-dealkylation sites (N-methyl/N-ethyl adjacent to an activating group) is 1. The molecule has 6 nitrogen and oxygen atoms in total. The molecule has 0 aliphatic carbocycles. The van der Waals surface area contributed by atoms with E-state index in [4.69, 9.17) is 4.74 Å². The van der Waals surface area contributed by atoms with Crippen LogP contribution < -0.4 is 0 Å². The van der Waals surface area contributed by atoms with Gasteiger partial charge in [0.1, 0.15) is 4.21 Å². The minimum absolute atomic E-state index is 0.0512. The SMILES string of the molecule is CCN(CC1CCCO1)C(=O)C1CCCN(S(=O)(=O)c2ccc(Br)s2)C1. The molecule has 1 amide bonds. The van der Waals surface area contributed by atoms with E-state index < -0.39 is 10.0 Å². The van der Waals surface area contributed by atoms with Crippen LogP contribution in [0.25, 0.3) is 0 Å². The maximum atomic E-state index is 13.0. The second-order valence-electron chi connectivity index (χ2n) is 6.77. The van der Waals surface area contributed by atoms with Gasteiger partial charge in [-0.05, 0) is 60.7 Å². The van der Waals surface area contributed by atoms with E-state index in [1.807, 2.05) is 11.8 Å². The molecule has 2 aliphatic heterocycles. The Kier molecular flexibility index (Phi) is 6.77. The Morgan fingerprint density at radius 2 is 2.19 bits per heavy atom. The molecule has 3 rings (SSSR count). The Morgan fingerprint density at radius 1 is 1.38 bits per heavy atom. The molecule has 2 fully saturated rings. The summed E-state index contributed by atoms with van der Waals surface area (Å²) in [5, 5.41) is 0. The van der Waals surface area contributed by atoms with Gasteiger partial charge >= 0.3 is 0 Å². The van der Waals surface area contributed by atoms with Gasteiger partial charge in [0.2, 0.25) is 5.91 Å². The number of carbonyl (C=O) groups excluding carboxylic acids is 1. The van der Waals surface area contributed by atoms with Gasteiger partial charge in [0.15, 0.2) is 0 Å². The minimum Gasteiger partial charge on any atom is -0.376 e. The average molecular weight is 465 g/mol. The zero-order valence-electron chi connectivity index (χ0n) is 14.9. The smallest absolute Gasteiger partial charge is 0.252 e. The molecule has 0 radical (unpaired) electrons. The van der Waals surface area contributed by atoms with E-state index in [0.29, 0.717) is 30.3 Å². The number of hydrogen-bond acceptors (Lipinski definition) is 5. The van der Waals surface area contributed by atoms with Crippen molar-refractivity contribution in [2.75, 3.05) is 32.8 Å². The third kappa shape index (κ3) is 4.49. The van der Waals surface area contributed by atoms with E-state index in [-0.39, 0.29) is 24.5 Å². The summed E-state index contributed by atoms with van der Waals surface area (Å²) in [4.78, 5) is 14.8. The van der Waals surface area contributed by atoms with Crippen molar-refractivity contribution in [2.24, 2.45) is 5.92 Å². The lowest BCUT2D eigenvalue weighted by Gasteiger charge is -2.34. The van der Waals surface area contributed by atoms with Crippen molar-refractivity contribution in [1.29, 1.82) is 0 Å². The van der Waals surface area contributed by atoms with E-state index in [2.05, 4.69) is 15.9 Å². The first-order chi connectivity index (χ1) is 12.4. The molecule has 1 aromatic rings. The lowest BCUT2D eigenvalue weighted by Crippen LogP contribution is -2.48. The molecule has 0 aromatic carbocycles. The lowest BCUT2D eigenvalue weighted by atomic mass is 9.98. The van der Waals surface area contributed by atoms with Gasteiger partial charge in [0.05, 0.1) is 15.8 Å². The fourth-order valence-corrected chi connectivity index (χ4v) is 7.28. The third-order valence-electron chi connectivity index (χ3n) is 5.02. The number of thiophene rings is 1. The summed E-state index contributed by atoms with van der Waals surface area (Å²) in [6, 6.07) is 3.36. The van der Waals surface area contributed by atoms with Crippen LogP contribution in [0.3, 0.4) is 0 Å². The van der Waals surface area contributed by atoms with Gasteiger partial charge in [-0.3, -0.25) is 4.79 Å². The summed E-state index contributed by atoms with van der Waals surface area (Å²) in [5.74, 6) is -0.224. The Bertz CT molecular complexity index is 731. The number of piperidine rings is 1. The van der Waals surface area contributed by atoms with Gasteiger partial charge in [0.25, 0.3) is 10.0 Å². The Hall–Kier alpha value is -0.480. The number of hydrogen-bond donors (Lipinski definition) is 0. The van der Waals surface area contributed by atoms with E-state index in [1.54, 1.807) is 12.1 Å². The molecule has 9 heteroatoms. The van der Waals surface area contributed by atoms with Crippen LogP contribution in [0.5, 0.6) is 0 Å². The molecule has 2 unspecified atom stereocenters. The first-order valence-corrected chi connectivity index (χ1v) is 12.1. The molecule has 2 aliphatic rings. The van der Waals surface area contributed by atoms with Gasteiger partial charge in [-0.2, -0.15) is 4.31 Å². The molecule has 2 atom stereocenters. The van der Waals surface area contributed by atoms with Crippen molar-refractivity contribution in [1.82, 2.24) is 9.21 Å². The van der Waals surface area contributed by atoms with Crippen LogP contribution in [0.1, 0.15) is 32.6 Å². The normalized spacial score (nSPS) is 24.7. The number of amides is 1. The Morgan fingerprint density at radius 3 is 2.81 bits per heavy atom. The van der Waals surface area contributed by atoms with Crippen LogP contribution in [0.2, 0.25) is 0 Å². The predicted octanol–water partition coefficient (Wildman–Crippen LogP) is 2.94. The Balaban J connectivity index is 1.67. The average Bonchev–Trinajstić information content (AvgIpc) is 3.31. The van der Waals surface area contributed by atoms with E-state index in [0.717, 1.165) is 29.7 Å². The zero-order valence-corrected chi connectivity index (χ0v) is 18.1. The number of rotatable bonds is 6. The standard InChI is InChI=1S/C17H25BrN2O4S2/c1-2-19(12-14-6-4-10-24-14)17(21)13-5-3-9-20(11-13)26(22,23)16-8-7-15(18)25-16/h7-8,13-14H,2-6,9-12H2,1H3. The maximum Gasteiger partial charge on any atom is 0.252 e. The first-order valence-electron chi connectivity index (χ1n) is 9.07.